The molecule has 5 heteroatoms. The molecule has 197 valence electrons. The molecule has 7 aromatic rings. The van der Waals surface area contributed by atoms with E-state index < -0.39 is 0 Å². The molecule has 8 rings (SSSR count). The van der Waals surface area contributed by atoms with E-state index in [1.54, 1.807) is 6.20 Å². The Morgan fingerprint density at radius 3 is 2.15 bits per heavy atom. The van der Waals surface area contributed by atoms with E-state index in [1.807, 2.05) is 95.6 Å². The van der Waals surface area contributed by atoms with E-state index in [1.165, 1.54) is 0 Å². The quantitative estimate of drug-likeness (QED) is 0.136. The summed E-state index contributed by atoms with van der Waals surface area (Å²) in [5.41, 5.74) is 7.78. The van der Waals surface area contributed by atoms with Crippen LogP contribution in [0.5, 0.6) is 0 Å². The van der Waals surface area contributed by atoms with Crippen LogP contribution in [-0.2, 0) is 20.1 Å². The van der Waals surface area contributed by atoms with Gasteiger partial charge in [-0.2, -0.15) is 6.07 Å². The standard InChI is InChI=1S/C25H15N2O.C11H8N.Ir/c1-2-8-18(9-3-1)26-17-27(23-12-6-5-11-22(23)26)19-14-15-21-20-10-4-7-13-24(20)28-25(21)16-19;1-2-6-10(7-3-1)11-8-4-5-9-12-11;/h1-15H;1-6,8-9H;/q+1;-1;. The van der Waals surface area contributed by atoms with Gasteiger partial charge in [-0.3, -0.25) is 0 Å². The number of fused-ring (bicyclic) bond motifs is 4. The van der Waals surface area contributed by atoms with Crippen molar-refractivity contribution in [2.75, 3.05) is 0 Å². The van der Waals surface area contributed by atoms with Gasteiger partial charge in [0.25, 0.3) is 11.4 Å². The number of pyridine rings is 1. The molecular weight excluding hydrogens is 683 g/mol. The van der Waals surface area contributed by atoms with E-state index in [0.717, 1.165) is 55.9 Å². The molecule has 0 amide bonds. The van der Waals surface area contributed by atoms with Crippen molar-refractivity contribution in [2.45, 2.75) is 0 Å². The van der Waals surface area contributed by atoms with Gasteiger partial charge in [0.15, 0.2) is 0 Å². The monoisotopic (exact) mass is 706 g/mol. The summed E-state index contributed by atoms with van der Waals surface area (Å²) < 4.78 is 10.1. The fourth-order valence-corrected chi connectivity index (χ4v) is 4.86. The largest absolute Gasteiger partial charge is 0.501 e. The second-order valence-corrected chi connectivity index (χ2v) is 9.27. The van der Waals surface area contributed by atoms with Crippen LogP contribution in [0.25, 0.3) is 33.2 Å². The number of nitrogens with zero attached hydrogens (tertiary/aromatic N) is 3. The minimum atomic E-state index is 0. The molecular formula is C36H23IrN3O. The number of rotatable bonds is 3. The fraction of sp³-hybridized carbons (Fsp3) is 0. The Labute approximate surface area is 251 Å². The zero-order valence-corrected chi connectivity index (χ0v) is 24.3. The van der Waals surface area contributed by atoms with E-state index >= 15 is 0 Å². The van der Waals surface area contributed by atoms with Gasteiger partial charge in [-0.25, -0.2) is 0 Å². The Balaban J connectivity index is 0.000000196. The van der Waals surface area contributed by atoms with E-state index in [0.29, 0.717) is 0 Å². The summed E-state index contributed by atoms with van der Waals surface area (Å²) in [6.07, 6.45) is 1.79. The molecule has 5 aromatic carbocycles. The molecule has 4 nitrogen and oxygen atoms in total. The minimum absolute atomic E-state index is 0. The van der Waals surface area contributed by atoms with E-state index in [9.17, 15) is 0 Å². The third kappa shape index (κ3) is 5.18. The summed E-state index contributed by atoms with van der Waals surface area (Å²) in [5, 5.41) is 2.19. The predicted molar refractivity (Wildman–Crippen MR) is 162 cm³/mol. The summed E-state index contributed by atoms with van der Waals surface area (Å²) in [6, 6.07) is 54.6. The van der Waals surface area contributed by atoms with Gasteiger partial charge in [-0.05, 0) is 27.8 Å². The third-order valence-corrected chi connectivity index (χ3v) is 6.75. The van der Waals surface area contributed by atoms with Crippen LogP contribution in [0.15, 0.2) is 144 Å². The van der Waals surface area contributed by atoms with Gasteiger partial charge in [-0.1, -0.05) is 82.8 Å². The van der Waals surface area contributed by atoms with Gasteiger partial charge >= 0.3 is 6.01 Å². The SMILES string of the molecule is C1=[N+](c2[c-]c3oc4ccccc4c3cc2)c2ccccc2[N+]=1c1ccccc1.[Ir].[c-]1ccccc1-c1ccccn1. The number of hydrogen-bond acceptors (Lipinski definition) is 2. The normalized spacial score (nSPS) is 11.6. The molecule has 0 saturated heterocycles. The molecule has 0 saturated carbocycles. The molecule has 1 aliphatic rings. The van der Waals surface area contributed by atoms with E-state index in [4.69, 9.17) is 4.42 Å². The Morgan fingerprint density at radius 2 is 1.37 bits per heavy atom. The Morgan fingerprint density at radius 1 is 0.634 bits per heavy atom. The topological polar surface area (TPSA) is 32.0 Å². The first-order valence-electron chi connectivity index (χ1n) is 13.1. The van der Waals surface area contributed by atoms with Crippen molar-refractivity contribution in [2.24, 2.45) is 0 Å². The molecule has 0 spiro atoms. The summed E-state index contributed by atoms with van der Waals surface area (Å²) >= 11 is 0. The molecule has 0 unspecified atom stereocenters. The van der Waals surface area contributed by atoms with Crippen molar-refractivity contribution in [1.82, 2.24) is 14.1 Å². The molecule has 1 radical (unpaired) electrons. The van der Waals surface area contributed by atoms with Crippen LogP contribution in [0.2, 0.25) is 0 Å². The first-order chi connectivity index (χ1) is 19.8. The number of benzene rings is 5. The second-order valence-electron chi connectivity index (χ2n) is 9.27. The van der Waals surface area contributed by atoms with E-state index in [2.05, 4.69) is 70.2 Å². The number of hydrogen-bond donors (Lipinski definition) is 0. The number of furan rings is 1. The first kappa shape index (κ1) is 26.3. The smallest absolute Gasteiger partial charge is 0.483 e. The maximum Gasteiger partial charge on any atom is 0.501 e. The van der Waals surface area contributed by atoms with Gasteiger partial charge in [-0.15, -0.1) is 35.9 Å². The Hall–Kier alpha value is -4.92. The minimum Gasteiger partial charge on any atom is -0.483 e. The third-order valence-electron chi connectivity index (χ3n) is 6.75. The summed E-state index contributed by atoms with van der Waals surface area (Å²) in [6.45, 7) is 0. The molecule has 0 N–H and O–H groups in total. The zero-order chi connectivity index (χ0) is 26.7. The molecule has 0 aliphatic carbocycles. The van der Waals surface area contributed by atoms with Crippen molar-refractivity contribution < 1.29 is 24.5 Å². The Bertz CT molecular complexity index is 1990. The van der Waals surface area contributed by atoms with Crippen LogP contribution in [0, 0.1) is 12.1 Å². The van der Waals surface area contributed by atoms with Crippen molar-refractivity contribution in [3.63, 3.8) is 0 Å². The Kier molecular flexibility index (Phi) is 7.49. The summed E-state index contributed by atoms with van der Waals surface area (Å²) in [4.78, 5) is 4.22. The summed E-state index contributed by atoms with van der Waals surface area (Å²) in [5.74, 6) is 0. The van der Waals surface area contributed by atoms with Crippen LogP contribution < -0.4 is 9.15 Å². The molecule has 1 aliphatic heterocycles. The average Bonchev–Trinajstić information content (AvgIpc) is 3.61. The molecule has 3 heterocycles. The van der Waals surface area contributed by atoms with Crippen LogP contribution in [0.4, 0.5) is 22.7 Å². The fourth-order valence-electron chi connectivity index (χ4n) is 4.86. The van der Waals surface area contributed by atoms with Crippen molar-refractivity contribution >= 4 is 50.7 Å². The average molecular weight is 706 g/mol. The van der Waals surface area contributed by atoms with E-state index in [-0.39, 0.29) is 20.1 Å². The number of para-hydroxylation sites is 4. The zero-order valence-electron chi connectivity index (χ0n) is 21.9. The number of aromatic nitrogens is 1. The first-order valence-corrected chi connectivity index (χ1v) is 13.1. The van der Waals surface area contributed by atoms with Crippen LogP contribution in [0.1, 0.15) is 0 Å². The molecule has 41 heavy (non-hydrogen) atoms. The van der Waals surface area contributed by atoms with Gasteiger partial charge in [0.1, 0.15) is 11.3 Å². The van der Waals surface area contributed by atoms with Crippen LogP contribution in [-0.4, -0.2) is 11.0 Å². The van der Waals surface area contributed by atoms with Gasteiger partial charge < -0.3 is 9.40 Å². The molecule has 0 fully saturated rings. The second kappa shape index (κ2) is 11.7. The molecule has 0 atom stereocenters. The van der Waals surface area contributed by atoms with Crippen LogP contribution >= 0.6 is 0 Å². The summed E-state index contributed by atoms with van der Waals surface area (Å²) in [7, 11) is 0. The van der Waals surface area contributed by atoms with Crippen molar-refractivity contribution in [3.05, 3.63) is 152 Å². The van der Waals surface area contributed by atoms with Crippen molar-refractivity contribution in [1.29, 1.82) is 0 Å². The molecule has 2 aromatic heterocycles. The van der Waals surface area contributed by atoms with Crippen LogP contribution in [0.3, 0.4) is 0 Å². The maximum absolute atomic E-state index is 6.03. The van der Waals surface area contributed by atoms with Crippen molar-refractivity contribution in [3.8, 4) is 11.3 Å². The molecule has 0 bridgehead atoms. The van der Waals surface area contributed by atoms with Gasteiger partial charge in [0.2, 0.25) is 5.69 Å². The van der Waals surface area contributed by atoms with Gasteiger partial charge in [0.05, 0.1) is 0 Å². The van der Waals surface area contributed by atoms with Gasteiger partial charge in [0, 0.05) is 56.2 Å². The predicted octanol–water partition coefficient (Wildman–Crippen LogP) is 8.79. The maximum atomic E-state index is 6.03.